The van der Waals surface area contributed by atoms with Gasteiger partial charge in [0, 0.05) is 0 Å². The second kappa shape index (κ2) is 6.28. The van der Waals surface area contributed by atoms with Gasteiger partial charge in [0.1, 0.15) is 5.75 Å². The molecule has 3 nitrogen and oxygen atoms in total. The molecule has 0 unspecified atom stereocenters. The molecule has 0 aromatic heterocycles. The van der Waals surface area contributed by atoms with E-state index in [1.807, 2.05) is 0 Å². The zero-order chi connectivity index (χ0) is 12.8. The molecule has 0 spiro atoms. The van der Waals surface area contributed by atoms with E-state index in [2.05, 4.69) is 13.8 Å². The van der Waals surface area contributed by atoms with Crippen LogP contribution in [0.3, 0.4) is 0 Å². The SMILES string of the molecule is CC(C)CCCCc1cc(O)cc(C(=O)O)c1. The third-order valence-corrected chi connectivity index (χ3v) is 2.72. The van der Waals surface area contributed by atoms with Crippen LogP contribution < -0.4 is 0 Å². The van der Waals surface area contributed by atoms with Gasteiger partial charge in [0.05, 0.1) is 5.56 Å². The number of carboxylic acids is 1. The number of aromatic hydroxyl groups is 1. The second-order valence-corrected chi connectivity index (χ2v) is 4.83. The van der Waals surface area contributed by atoms with Crippen LogP contribution in [0.4, 0.5) is 0 Å². The van der Waals surface area contributed by atoms with Crippen LogP contribution in [-0.2, 0) is 6.42 Å². The van der Waals surface area contributed by atoms with Crippen molar-refractivity contribution in [3.63, 3.8) is 0 Å². The first-order valence-electron chi connectivity index (χ1n) is 6.05. The van der Waals surface area contributed by atoms with Crippen molar-refractivity contribution in [2.24, 2.45) is 5.92 Å². The minimum absolute atomic E-state index is 0.0313. The van der Waals surface area contributed by atoms with Crippen molar-refractivity contribution >= 4 is 5.97 Å². The van der Waals surface area contributed by atoms with Gasteiger partial charge in [0.25, 0.3) is 0 Å². The quantitative estimate of drug-likeness (QED) is 0.744. The average molecular weight is 236 g/mol. The summed E-state index contributed by atoms with van der Waals surface area (Å²) in [5.74, 6) is -0.262. The maximum Gasteiger partial charge on any atom is 0.335 e. The highest BCUT2D eigenvalue weighted by molar-refractivity contribution is 5.88. The minimum atomic E-state index is -0.996. The minimum Gasteiger partial charge on any atom is -0.508 e. The van der Waals surface area contributed by atoms with Gasteiger partial charge in [-0.2, -0.15) is 0 Å². The Kier molecular flexibility index (Phi) is 5.01. The van der Waals surface area contributed by atoms with Gasteiger partial charge < -0.3 is 10.2 Å². The summed E-state index contributed by atoms with van der Waals surface area (Å²) in [6, 6.07) is 4.55. The number of rotatable bonds is 6. The summed E-state index contributed by atoms with van der Waals surface area (Å²) < 4.78 is 0. The Morgan fingerprint density at radius 3 is 2.53 bits per heavy atom. The fourth-order valence-corrected chi connectivity index (χ4v) is 1.82. The maximum atomic E-state index is 10.8. The highest BCUT2D eigenvalue weighted by Crippen LogP contribution is 2.18. The van der Waals surface area contributed by atoms with Crippen molar-refractivity contribution in [1.29, 1.82) is 0 Å². The molecule has 1 aromatic carbocycles. The normalized spacial score (nSPS) is 10.8. The van der Waals surface area contributed by atoms with Gasteiger partial charge in [-0.25, -0.2) is 4.79 Å². The third kappa shape index (κ3) is 4.89. The lowest BCUT2D eigenvalue weighted by molar-refractivity contribution is 0.0696. The molecule has 1 aromatic rings. The van der Waals surface area contributed by atoms with Crippen LogP contribution >= 0.6 is 0 Å². The highest BCUT2D eigenvalue weighted by Gasteiger charge is 2.06. The Bertz CT molecular complexity index is 383. The molecular weight excluding hydrogens is 216 g/mol. The number of unbranched alkanes of at least 4 members (excludes halogenated alkanes) is 1. The van der Waals surface area contributed by atoms with Crippen LogP contribution in [0.5, 0.6) is 5.75 Å². The summed E-state index contributed by atoms with van der Waals surface area (Å²) in [4.78, 5) is 10.8. The van der Waals surface area contributed by atoms with E-state index in [-0.39, 0.29) is 11.3 Å². The number of benzene rings is 1. The molecule has 0 bridgehead atoms. The van der Waals surface area contributed by atoms with Crippen LogP contribution in [0.2, 0.25) is 0 Å². The Morgan fingerprint density at radius 2 is 1.94 bits per heavy atom. The van der Waals surface area contributed by atoms with E-state index in [0.29, 0.717) is 5.92 Å². The predicted octanol–water partition coefficient (Wildman–Crippen LogP) is 3.46. The van der Waals surface area contributed by atoms with E-state index in [0.717, 1.165) is 24.8 Å². The first-order chi connectivity index (χ1) is 7.99. The second-order valence-electron chi connectivity index (χ2n) is 4.83. The predicted molar refractivity (Wildman–Crippen MR) is 67.5 cm³/mol. The lowest BCUT2D eigenvalue weighted by Crippen LogP contribution is -1.98. The zero-order valence-electron chi connectivity index (χ0n) is 10.4. The third-order valence-electron chi connectivity index (χ3n) is 2.72. The highest BCUT2D eigenvalue weighted by atomic mass is 16.4. The monoisotopic (exact) mass is 236 g/mol. The topological polar surface area (TPSA) is 57.5 Å². The Labute approximate surface area is 102 Å². The number of aromatic carboxylic acids is 1. The van der Waals surface area contributed by atoms with Crippen LogP contribution in [0.25, 0.3) is 0 Å². The van der Waals surface area contributed by atoms with Crippen molar-refractivity contribution in [3.05, 3.63) is 29.3 Å². The summed E-state index contributed by atoms with van der Waals surface area (Å²) in [6.07, 6.45) is 4.17. The Morgan fingerprint density at radius 1 is 1.24 bits per heavy atom. The van der Waals surface area contributed by atoms with E-state index < -0.39 is 5.97 Å². The zero-order valence-corrected chi connectivity index (χ0v) is 10.4. The van der Waals surface area contributed by atoms with E-state index in [1.165, 1.54) is 12.5 Å². The fraction of sp³-hybridized carbons (Fsp3) is 0.500. The summed E-state index contributed by atoms with van der Waals surface area (Å²) >= 11 is 0. The number of carbonyl (C=O) groups is 1. The van der Waals surface area contributed by atoms with Crippen LogP contribution in [0, 0.1) is 5.92 Å². The Balaban J connectivity index is 2.56. The molecule has 0 aliphatic rings. The maximum absolute atomic E-state index is 10.8. The van der Waals surface area contributed by atoms with E-state index in [1.54, 1.807) is 12.1 Å². The summed E-state index contributed by atoms with van der Waals surface area (Å²) in [6.45, 7) is 4.38. The molecule has 17 heavy (non-hydrogen) atoms. The molecule has 0 aliphatic heterocycles. The number of phenols is 1. The van der Waals surface area contributed by atoms with Gasteiger partial charge in [-0.1, -0.05) is 26.7 Å². The summed E-state index contributed by atoms with van der Waals surface area (Å²) in [7, 11) is 0. The lowest BCUT2D eigenvalue weighted by Gasteiger charge is -2.06. The molecule has 0 fully saturated rings. The van der Waals surface area contributed by atoms with E-state index in [4.69, 9.17) is 5.11 Å². The molecular formula is C14H20O3. The molecule has 0 atom stereocenters. The molecule has 3 heteroatoms. The molecule has 0 radical (unpaired) electrons. The van der Waals surface area contributed by atoms with Crippen molar-refractivity contribution in [3.8, 4) is 5.75 Å². The largest absolute Gasteiger partial charge is 0.508 e. The van der Waals surface area contributed by atoms with Crippen LogP contribution in [0.1, 0.15) is 49.0 Å². The van der Waals surface area contributed by atoms with Gasteiger partial charge in [0.2, 0.25) is 0 Å². The summed E-state index contributed by atoms with van der Waals surface area (Å²) in [5, 5.41) is 18.3. The van der Waals surface area contributed by atoms with Crippen molar-refractivity contribution in [2.75, 3.05) is 0 Å². The van der Waals surface area contributed by atoms with Crippen molar-refractivity contribution in [1.82, 2.24) is 0 Å². The molecule has 94 valence electrons. The smallest absolute Gasteiger partial charge is 0.335 e. The molecule has 0 amide bonds. The molecule has 1 rings (SSSR count). The standard InChI is InChI=1S/C14H20O3/c1-10(2)5-3-4-6-11-7-12(14(16)17)9-13(15)8-11/h7-10,15H,3-6H2,1-2H3,(H,16,17). The van der Waals surface area contributed by atoms with Gasteiger partial charge >= 0.3 is 5.97 Å². The fourth-order valence-electron chi connectivity index (χ4n) is 1.82. The number of aryl methyl sites for hydroxylation is 1. The average Bonchev–Trinajstić information content (AvgIpc) is 2.23. The molecule has 2 N–H and O–H groups in total. The van der Waals surface area contributed by atoms with Crippen molar-refractivity contribution < 1.29 is 15.0 Å². The molecule has 0 heterocycles. The van der Waals surface area contributed by atoms with Gasteiger partial charge in [-0.15, -0.1) is 0 Å². The lowest BCUT2D eigenvalue weighted by atomic mass is 10.0. The van der Waals surface area contributed by atoms with Crippen LogP contribution in [-0.4, -0.2) is 16.2 Å². The molecule has 0 saturated heterocycles. The summed E-state index contributed by atoms with van der Waals surface area (Å²) in [5.41, 5.74) is 1.05. The van der Waals surface area contributed by atoms with Crippen molar-refractivity contribution in [2.45, 2.75) is 39.5 Å². The van der Waals surface area contributed by atoms with Gasteiger partial charge in [-0.05, 0) is 42.5 Å². The van der Waals surface area contributed by atoms with E-state index in [9.17, 15) is 9.90 Å². The number of carboxylic acid groups (broad SMARTS) is 1. The number of hydrogen-bond donors (Lipinski definition) is 2. The van der Waals surface area contributed by atoms with Gasteiger partial charge in [-0.3, -0.25) is 0 Å². The van der Waals surface area contributed by atoms with E-state index >= 15 is 0 Å². The first kappa shape index (κ1) is 13.6. The van der Waals surface area contributed by atoms with Crippen LogP contribution in [0.15, 0.2) is 18.2 Å². The Hall–Kier alpha value is -1.51. The first-order valence-corrected chi connectivity index (χ1v) is 6.05. The number of phenolic OH excluding ortho intramolecular Hbond substituents is 1. The van der Waals surface area contributed by atoms with Gasteiger partial charge in [0.15, 0.2) is 0 Å². The molecule has 0 aliphatic carbocycles. The number of hydrogen-bond acceptors (Lipinski definition) is 2. The molecule has 0 saturated carbocycles.